The number of rotatable bonds is 6. The van der Waals surface area contributed by atoms with E-state index in [-0.39, 0.29) is 5.15 Å². The van der Waals surface area contributed by atoms with Crippen molar-refractivity contribution in [3.63, 3.8) is 0 Å². The molecule has 0 aliphatic carbocycles. The van der Waals surface area contributed by atoms with Gasteiger partial charge in [0.05, 0.1) is 24.2 Å². The lowest BCUT2D eigenvalue weighted by Gasteiger charge is -2.16. The summed E-state index contributed by atoms with van der Waals surface area (Å²) in [6.45, 7) is 9.08. The lowest BCUT2D eigenvalue weighted by molar-refractivity contribution is 0.237. The molecule has 0 spiro atoms. The van der Waals surface area contributed by atoms with Gasteiger partial charge in [0.25, 0.3) is 0 Å². The van der Waals surface area contributed by atoms with Crippen molar-refractivity contribution < 1.29 is 9.13 Å². The second kappa shape index (κ2) is 7.73. The maximum Gasteiger partial charge on any atom is 0.150 e. The second-order valence-electron chi connectivity index (χ2n) is 6.31. The number of hydrogen-bond donors (Lipinski definition) is 0. The summed E-state index contributed by atoms with van der Waals surface area (Å²) in [5.41, 5.74) is 1.59. The Morgan fingerprint density at radius 1 is 1.26 bits per heavy atom. The van der Waals surface area contributed by atoms with E-state index in [0.29, 0.717) is 29.7 Å². The van der Waals surface area contributed by atoms with Crippen molar-refractivity contribution in [1.82, 2.24) is 9.97 Å². The van der Waals surface area contributed by atoms with Crippen molar-refractivity contribution in [2.75, 3.05) is 6.61 Å². The fraction of sp³-hybridized carbons (Fsp3) is 0.444. The normalized spacial score (nSPS) is 12.5. The molecule has 2 rings (SSSR count). The predicted octanol–water partition coefficient (Wildman–Crippen LogP) is 5.31. The molecule has 0 aliphatic heterocycles. The van der Waals surface area contributed by atoms with Gasteiger partial charge in [-0.1, -0.05) is 32.4 Å². The van der Waals surface area contributed by atoms with Crippen LogP contribution in [0.25, 0.3) is 11.3 Å². The molecule has 5 heteroatoms. The van der Waals surface area contributed by atoms with Crippen molar-refractivity contribution >= 4 is 11.6 Å². The maximum absolute atomic E-state index is 13.9. The number of ether oxygens (including phenoxy) is 1. The van der Waals surface area contributed by atoms with E-state index in [1.807, 2.05) is 13.0 Å². The fourth-order valence-electron chi connectivity index (χ4n) is 2.57. The molecule has 23 heavy (non-hydrogen) atoms. The van der Waals surface area contributed by atoms with Crippen LogP contribution >= 0.6 is 11.6 Å². The van der Waals surface area contributed by atoms with Crippen LogP contribution < -0.4 is 4.74 Å². The van der Waals surface area contributed by atoms with Gasteiger partial charge >= 0.3 is 0 Å². The summed E-state index contributed by atoms with van der Waals surface area (Å²) in [7, 11) is 0. The molecule has 0 radical (unpaired) electrons. The minimum Gasteiger partial charge on any atom is -0.491 e. The number of halogens is 2. The topological polar surface area (TPSA) is 35.0 Å². The molecular formula is C18H22ClFN2O. The van der Waals surface area contributed by atoms with Crippen LogP contribution in [0.3, 0.4) is 0 Å². The molecule has 0 aromatic carbocycles. The van der Waals surface area contributed by atoms with Crippen molar-refractivity contribution in [3.05, 3.63) is 41.1 Å². The molecule has 0 fully saturated rings. The van der Waals surface area contributed by atoms with Crippen LogP contribution in [0.2, 0.25) is 5.15 Å². The van der Waals surface area contributed by atoms with E-state index < -0.39 is 5.82 Å². The number of pyridine rings is 2. The standard InChI is InChI=1S/C18H22ClFN2O/c1-11(2)7-12(3)10-23-17-6-5-16(22-13(17)4)14-8-18(19)21-9-15(14)20/h5-6,8-9,11-12H,7,10H2,1-4H3/t12-/m0/s1. The lowest BCUT2D eigenvalue weighted by Crippen LogP contribution is -2.11. The van der Waals surface area contributed by atoms with Gasteiger partial charge in [-0.2, -0.15) is 0 Å². The van der Waals surface area contributed by atoms with Crippen LogP contribution in [0.4, 0.5) is 4.39 Å². The minimum absolute atomic E-state index is 0.240. The van der Waals surface area contributed by atoms with E-state index in [4.69, 9.17) is 16.3 Å². The van der Waals surface area contributed by atoms with Gasteiger partial charge in [0.2, 0.25) is 0 Å². The van der Waals surface area contributed by atoms with Gasteiger partial charge in [0.1, 0.15) is 10.9 Å². The third kappa shape index (κ3) is 4.90. The number of aryl methyl sites for hydroxylation is 1. The first-order valence-corrected chi connectivity index (χ1v) is 8.16. The second-order valence-corrected chi connectivity index (χ2v) is 6.70. The first kappa shape index (κ1) is 17.7. The van der Waals surface area contributed by atoms with Gasteiger partial charge in [0, 0.05) is 5.56 Å². The highest BCUT2D eigenvalue weighted by atomic mass is 35.5. The fourth-order valence-corrected chi connectivity index (χ4v) is 2.72. The smallest absolute Gasteiger partial charge is 0.150 e. The summed E-state index contributed by atoms with van der Waals surface area (Å²) in [5.74, 6) is 1.41. The summed E-state index contributed by atoms with van der Waals surface area (Å²) < 4.78 is 19.7. The summed E-state index contributed by atoms with van der Waals surface area (Å²) in [6, 6.07) is 5.04. The third-order valence-electron chi connectivity index (χ3n) is 3.53. The highest BCUT2D eigenvalue weighted by Crippen LogP contribution is 2.26. The van der Waals surface area contributed by atoms with Crippen molar-refractivity contribution in [3.8, 4) is 17.0 Å². The maximum atomic E-state index is 13.9. The van der Waals surface area contributed by atoms with Gasteiger partial charge in [-0.25, -0.2) is 14.4 Å². The SMILES string of the molecule is Cc1nc(-c2cc(Cl)ncc2F)ccc1OC[C@@H](C)CC(C)C. The van der Waals surface area contributed by atoms with Gasteiger partial charge in [0.15, 0.2) is 5.82 Å². The van der Waals surface area contributed by atoms with Crippen LogP contribution in [0.5, 0.6) is 5.75 Å². The first-order chi connectivity index (χ1) is 10.9. The lowest BCUT2D eigenvalue weighted by atomic mass is 10.00. The van der Waals surface area contributed by atoms with Gasteiger partial charge in [-0.05, 0) is 43.4 Å². The largest absolute Gasteiger partial charge is 0.491 e. The predicted molar refractivity (Wildman–Crippen MR) is 91.3 cm³/mol. The molecule has 0 unspecified atom stereocenters. The molecule has 0 N–H and O–H groups in total. The van der Waals surface area contributed by atoms with Crippen molar-refractivity contribution in [2.24, 2.45) is 11.8 Å². The van der Waals surface area contributed by atoms with E-state index >= 15 is 0 Å². The molecule has 0 saturated carbocycles. The van der Waals surface area contributed by atoms with Gasteiger partial charge in [-0.15, -0.1) is 0 Å². The Bertz CT molecular complexity index is 676. The van der Waals surface area contributed by atoms with E-state index in [1.165, 1.54) is 6.07 Å². The molecular weight excluding hydrogens is 315 g/mol. The zero-order valence-electron chi connectivity index (χ0n) is 13.9. The molecule has 0 bridgehead atoms. The molecule has 0 saturated heterocycles. The Kier molecular flexibility index (Phi) is 5.94. The highest BCUT2D eigenvalue weighted by Gasteiger charge is 2.12. The summed E-state index contributed by atoms with van der Waals surface area (Å²) in [4.78, 5) is 8.15. The Balaban J connectivity index is 2.13. The zero-order chi connectivity index (χ0) is 17.0. The van der Waals surface area contributed by atoms with Crippen molar-refractivity contribution in [2.45, 2.75) is 34.1 Å². The van der Waals surface area contributed by atoms with Crippen LogP contribution in [0.15, 0.2) is 24.4 Å². The Morgan fingerprint density at radius 3 is 2.65 bits per heavy atom. The van der Waals surface area contributed by atoms with E-state index in [9.17, 15) is 4.39 Å². The molecule has 0 amide bonds. The average Bonchev–Trinajstić information content (AvgIpc) is 2.47. The van der Waals surface area contributed by atoms with Crippen LogP contribution in [0, 0.1) is 24.6 Å². The van der Waals surface area contributed by atoms with Crippen LogP contribution in [-0.4, -0.2) is 16.6 Å². The van der Waals surface area contributed by atoms with Gasteiger partial charge < -0.3 is 4.74 Å². The molecule has 3 nitrogen and oxygen atoms in total. The quantitative estimate of drug-likeness (QED) is 0.671. The number of hydrogen-bond acceptors (Lipinski definition) is 3. The van der Waals surface area contributed by atoms with E-state index in [2.05, 4.69) is 30.7 Å². The van der Waals surface area contributed by atoms with Crippen LogP contribution in [0.1, 0.15) is 32.9 Å². The summed E-state index contributed by atoms with van der Waals surface area (Å²) in [6.07, 6.45) is 2.22. The average molecular weight is 337 g/mol. The van der Waals surface area contributed by atoms with E-state index in [1.54, 1.807) is 6.07 Å². The molecule has 0 aliphatic rings. The Hall–Kier alpha value is -1.68. The van der Waals surface area contributed by atoms with E-state index in [0.717, 1.165) is 24.1 Å². The van der Waals surface area contributed by atoms with Crippen LogP contribution in [-0.2, 0) is 0 Å². The van der Waals surface area contributed by atoms with Gasteiger partial charge in [-0.3, -0.25) is 0 Å². The molecule has 2 heterocycles. The van der Waals surface area contributed by atoms with Crippen molar-refractivity contribution in [1.29, 1.82) is 0 Å². The number of aromatic nitrogens is 2. The highest BCUT2D eigenvalue weighted by molar-refractivity contribution is 6.29. The molecule has 2 aromatic rings. The Morgan fingerprint density at radius 2 is 2.00 bits per heavy atom. The molecule has 2 aromatic heterocycles. The zero-order valence-corrected chi connectivity index (χ0v) is 14.7. The number of nitrogens with zero attached hydrogens (tertiary/aromatic N) is 2. The first-order valence-electron chi connectivity index (χ1n) is 7.78. The summed E-state index contributed by atoms with van der Waals surface area (Å²) >= 11 is 5.83. The summed E-state index contributed by atoms with van der Waals surface area (Å²) in [5, 5.41) is 0.240. The molecule has 124 valence electrons. The Labute approximate surface area is 141 Å². The third-order valence-corrected chi connectivity index (χ3v) is 3.74. The molecule has 1 atom stereocenters. The minimum atomic E-state index is -0.444. The monoisotopic (exact) mass is 336 g/mol.